The molecule has 0 aliphatic rings. The molecule has 0 atom stereocenters. The molecule has 0 fully saturated rings. The third-order valence-electron chi connectivity index (χ3n) is 6.16. The van der Waals surface area contributed by atoms with E-state index in [2.05, 4.69) is 25.0 Å². The number of hydrogen-bond donors (Lipinski definition) is 2. The number of nitrogens with zero attached hydrogens (tertiary/aromatic N) is 3. The Morgan fingerprint density at radius 2 is 1.65 bits per heavy atom. The number of aryl methyl sites for hydroxylation is 1. The minimum atomic E-state index is -4.13. The lowest BCUT2D eigenvalue weighted by Crippen LogP contribution is -2.15. The summed E-state index contributed by atoms with van der Waals surface area (Å²) in [6.07, 6.45) is 4.65. The zero-order valence-corrected chi connectivity index (χ0v) is 25.1. The van der Waals surface area contributed by atoms with Crippen LogP contribution in [0.25, 0.3) is 11.0 Å². The number of amides is 1. The maximum atomic E-state index is 13.4. The van der Waals surface area contributed by atoms with Gasteiger partial charge in [-0.3, -0.25) is 9.52 Å². The van der Waals surface area contributed by atoms with Crippen molar-refractivity contribution in [1.82, 2.24) is 9.97 Å². The maximum Gasteiger partial charge on any atom is 0.263 e. The minimum Gasteiger partial charge on any atom is -0.504 e. The van der Waals surface area contributed by atoms with Crippen molar-refractivity contribution in [1.29, 1.82) is 0 Å². The van der Waals surface area contributed by atoms with E-state index < -0.39 is 10.0 Å². The van der Waals surface area contributed by atoms with Crippen LogP contribution < -0.4 is 14.8 Å². The number of aliphatic imine (C=N–C) groups is 1. The molecule has 0 saturated heterocycles. The zero-order chi connectivity index (χ0) is 31.0. The molecule has 0 radical (unpaired) electrons. The van der Waals surface area contributed by atoms with Gasteiger partial charge in [-0.25, -0.2) is 23.4 Å². The first kappa shape index (κ1) is 30.7. The SMILES string of the molecule is CO/C=C/C(/C=C(\C)OC)=Nc1nc2ccccc2nc1NS(=O)(=O)c1ccc(NC(=O)c2ccc(C)c(OC)c2)cc1. The summed E-state index contributed by atoms with van der Waals surface area (Å²) in [6, 6.07) is 17.9. The average Bonchev–Trinajstić information content (AvgIpc) is 3.00. The Labute approximate surface area is 250 Å². The van der Waals surface area contributed by atoms with Gasteiger partial charge < -0.3 is 19.5 Å². The van der Waals surface area contributed by atoms with E-state index in [0.29, 0.717) is 39.5 Å². The van der Waals surface area contributed by atoms with Gasteiger partial charge in [0.15, 0.2) is 11.6 Å². The van der Waals surface area contributed by atoms with E-state index in [1.165, 1.54) is 51.9 Å². The highest BCUT2D eigenvalue weighted by Crippen LogP contribution is 2.28. The van der Waals surface area contributed by atoms with Crippen LogP contribution in [0.15, 0.2) is 101 Å². The molecule has 43 heavy (non-hydrogen) atoms. The highest BCUT2D eigenvalue weighted by atomic mass is 32.2. The van der Waals surface area contributed by atoms with E-state index >= 15 is 0 Å². The summed E-state index contributed by atoms with van der Waals surface area (Å²) in [5.41, 5.74) is 3.10. The predicted molar refractivity (Wildman–Crippen MR) is 166 cm³/mol. The number of sulfonamides is 1. The van der Waals surface area contributed by atoms with Crippen molar-refractivity contribution in [3.8, 4) is 5.75 Å². The van der Waals surface area contributed by atoms with Gasteiger partial charge in [0.25, 0.3) is 15.9 Å². The first-order valence-electron chi connectivity index (χ1n) is 13.0. The maximum absolute atomic E-state index is 13.4. The number of ether oxygens (including phenoxy) is 3. The van der Waals surface area contributed by atoms with Gasteiger partial charge >= 0.3 is 0 Å². The molecular weight excluding hydrogens is 570 g/mol. The van der Waals surface area contributed by atoms with E-state index in [4.69, 9.17) is 14.2 Å². The van der Waals surface area contributed by atoms with Crippen LogP contribution in [0.5, 0.6) is 5.75 Å². The fourth-order valence-corrected chi connectivity index (χ4v) is 4.85. The summed E-state index contributed by atoms with van der Waals surface area (Å²) in [4.78, 5) is 26.3. The van der Waals surface area contributed by atoms with Crippen LogP contribution in [0.3, 0.4) is 0 Å². The number of nitrogens with one attached hydrogen (secondary N) is 2. The molecule has 12 heteroatoms. The van der Waals surface area contributed by atoms with Crippen molar-refractivity contribution in [2.75, 3.05) is 31.4 Å². The molecule has 1 heterocycles. The summed E-state index contributed by atoms with van der Waals surface area (Å²) in [6.45, 7) is 3.62. The van der Waals surface area contributed by atoms with Gasteiger partial charge in [-0.15, -0.1) is 0 Å². The lowest BCUT2D eigenvalue weighted by Gasteiger charge is -2.12. The van der Waals surface area contributed by atoms with Crippen molar-refractivity contribution in [3.05, 3.63) is 102 Å². The van der Waals surface area contributed by atoms with Crippen LogP contribution in [-0.2, 0) is 19.5 Å². The van der Waals surface area contributed by atoms with Crippen molar-refractivity contribution in [2.45, 2.75) is 18.7 Å². The molecule has 1 amide bonds. The average molecular weight is 602 g/mol. The highest BCUT2D eigenvalue weighted by molar-refractivity contribution is 7.92. The molecule has 1 aromatic heterocycles. The van der Waals surface area contributed by atoms with Crippen LogP contribution >= 0.6 is 0 Å². The molecular formula is C31H31N5O6S. The highest BCUT2D eigenvalue weighted by Gasteiger charge is 2.19. The molecule has 3 aromatic carbocycles. The minimum absolute atomic E-state index is 0.0376. The largest absolute Gasteiger partial charge is 0.504 e. The predicted octanol–water partition coefficient (Wildman–Crippen LogP) is 5.78. The molecule has 0 saturated carbocycles. The van der Waals surface area contributed by atoms with Gasteiger partial charge in [0.05, 0.1) is 55.0 Å². The quantitative estimate of drug-likeness (QED) is 0.163. The van der Waals surface area contributed by atoms with Gasteiger partial charge in [-0.05, 0) is 74.0 Å². The fourth-order valence-electron chi connectivity index (χ4n) is 3.85. The number of anilines is 2. The number of methoxy groups -OCH3 is 3. The number of carbonyl (C=O) groups excluding carboxylic acids is 1. The number of hydrogen-bond acceptors (Lipinski definition) is 9. The van der Waals surface area contributed by atoms with Crippen LogP contribution in [0.1, 0.15) is 22.8 Å². The van der Waals surface area contributed by atoms with Gasteiger partial charge in [-0.2, -0.15) is 0 Å². The second kappa shape index (κ2) is 13.6. The topological polar surface area (TPSA) is 141 Å². The van der Waals surface area contributed by atoms with Crippen LogP contribution in [0.2, 0.25) is 0 Å². The first-order chi connectivity index (χ1) is 20.6. The van der Waals surface area contributed by atoms with E-state index in [1.54, 1.807) is 61.5 Å². The molecule has 0 unspecified atom stereocenters. The molecule has 0 bridgehead atoms. The Morgan fingerprint density at radius 3 is 2.30 bits per heavy atom. The van der Waals surface area contributed by atoms with Gasteiger partial charge in [0.1, 0.15) is 5.75 Å². The second-order valence-corrected chi connectivity index (χ2v) is 10.9. The number of fused-ring (bicyclic) bond motifs is 1. The van der Waals surface area contributed by atoms with Crippen molar-refractivity contribution < 1.29 is 27.4 Å². The second-order valence-electron chi connectivity index (χ2n) is 9.19. The molecule has 0 aliphatic heterocycles. The number of benzene rings is 3. The molecule has 0 aliphatic carbocycles. The number of allylic oxidation sites excluding steroid dienone is 3. The van der Waals surface area contributed by atoms with Crippen molar-refractivity contribution >= 4 is 50.0 Å². The van der Waals surface area contributed by atoms with E-state index in [1.807, 2.05) is 6.92 Å². The smallest absolute Gasteiger partial charge is 0.263 e. The summed E-state index contributed by atoms with van der Waals surface area (Å²) >= 11 is 0. The molecule has 2 N–H and O–H groups in total. The third kappa shape index (κ3) is 7.74. The standard InChI is InChI=1S/C31H31N5O6S/c1-20-10-11-22(19-28(20)42-5)31(37)33-23-12-14-25(15-13-23)43(38,39)36-30-29(34-26-8-6-7-9-27(26)35-30)32-24(16-17-40-3)18-21(2)41-4/h6-19H,1-5H3,(H,33,37)(H,35,36)/b17-16+,21-18+,32-24?. The number of rotatable bonds is 11. The Bertz CT molecular complexity index is 1830. The van der Waals surface area contributed by atoms with E-state index in [-0.39, 0.29) is 22.4 Å². The molecule has 4 aromatic rings. The molecule has 11 nitrogen and oxygen atoms in total. The molecule has 222 valence electrons. The Kier molecular flexibility index (Phi) is 9.73. The van der Waals surface area contributed by atoms with E-state index in [0.717, 1.165) is 5.56 Å². The molecule has 0 spiro atoms. The van der Waals surface area contributed by atoms with Crippen molar-refractivity contribution in [2.24, 2.45) is 4.99 Å². The van der Waals surface area contributed by atoms with Gasteiger partial charge in [0.2, 0.25) is 0 Å². The van der Waals surface area contributed by atoms with Crippen LogP contribution in [-0.4, -0.2) is 51.3 Å². The third-order valence-corrected chi connectivity index (χ3v) is 7.51. The summed E-state index contributed by atoms with van der Waals surface area (Å²) in [5.74, 6) is 0.750. The lowest BCUT2D eigenvalue weighted by atomic mass is 10.1. The monoisotopic (exact) mass is 601 g/mol. The Balaban J connectivity index is 1.64. The van der Waals surface area contributed by atoms with Crippen LogP contribution in [0.4, 0.5) is 17.3 Å². The molecule has 4 rings (SSSR count). The lowest BCUT2D eigenvalue weighted by molar-refractivity contribution is 0.102. The normalized spacial score (nSPS) is 12.3. The number of carbonyl (C=O) groups is 1. The van der Waals surface area contributed by atoms with Gasteiger partial charge in [0, 0.05) is 17.3 Å². The zero-order valence-electron chi connectivity index (χ0n) is 24.3. The summed E-state index contributed by atoms with van der Waals surface area (Å²) in [7, 11) is 0.421. The Hall–Kier alpha value is -5.23. The van der Waals surface area contributed by atoms with Gasteiger partial charge in [-0.1, -0.05) is 18.2 Å². The summed E-state index contributed by atoms with van der Waals surface area (Å²) < 4.78 is 44.9. The first-order valence-corrected chi connectivity index (χ1v) is 14.5. The van der Waals surface area contributed by atoms with Crippen LogP contribution in [0, 0.1) is 6.92 Å². The number of aromatic nitrogens is 2. The van der Waals surface area contributed by atoms with E-state index in [9.17, 15) is 13.2 Å². The summed E-state index contributed by atoms with van der Waals surface area (Å²) in [5, 5.41) is 2.76. The fraction of sp³-hybridized carbons (Fsp3) is 0.161. The Morgan fingerprint density at radius 1 is 0.953 bits per heavy atom. The number of para-hydroxylation sites is 2. The van der Waals surface area contributed by atoms with Crippen molar-refractivity contribution in [3.63, 3.8) is 0 Å².